The number of hydrogen-bond donors (Lipinski definition) is 0. The lowest BCUT2D eigenvalue weighted by Gasteiger charge is -2.34. The van der Waals surface area contributed by atoms with Gasteiger partial charge in [0.15, 0.2) is 5.13 Å². The molecule has 188 valence electrons. The highest BCUT2D eigenvalue weighted by molar-refractivity contribution is 7.89. The average molecular weight is 535 g/mol. The number of benzene rings is 2. The molecular formula is C25H31ClN4O3S2. The average Bonchev–Trinajstić information content (AvgIpc) is 3.33. The summed E-state index contributed by atoms with van der Waals surface area (Å²) in [4.78, 5) is 22.1. The Bertz CT molecular complexity index is 1260. The summed E-state index contributed by atoms with van der Waals surface area (Å²) in [5, 5.41) is 1.63. The van der Waals surface area contributed by atoms with Crippen molar-refractivity contribution in [2.75, 3.05) is 44.2 Å². The highest BCUT2D eigenvalue weighted by Crippen LogP contribution is 2.36. The first-order chi connectivity index (χ1) is 16.8. The van der Waals surface area contributed by atoms with Crippen LogP contribution in [-0.2, 0) is 10.0 Å². The molecule has 10 heteroatoms. The lowest BCUT2D eigenvalue weighted by atomic mass is 10.2. The summed E-state index contributed by atoms with van der Waals surface area (Å²) in [6.07, 6.45) is 1.75. The van der Waals surface area contributed by atoms with Crippen molar-refractivity contribution in [1.29, 1.82) is 0 Å². The molecule has 0 atom stereocenters. The first-order valence-electron chi connectivity index (χ1n) is 12.0. The lowest BCUT2D eigenvalue weighted by molar-refractivity contribution is 0.0746. The van der Waals surface area contributed by atoms with Crippen LogP contribution in [-0.4, -0.2) is 67.8 Å². The summed E-state index contributed by atoms with van der Waals surface area (Å²) in [5.41, 5.74) is 2.53. The monoisotopic (exact) mass is 534 g/mol. The number of piperazine rings is 1. The van der Waals surface area contributed by atoms with Crippen molar-refractivity contribution in [2.45, 2.75) is 38.5 Å². The minimum Gasteiger partial charge on any atom is -0.345 e. The second-order valence-electron chi connectivity index (χ2n) is 8.69. The van der Waals surface area contributed by atoms with Crippen molar-refractivity contribution < 1.29 is 13.2 Å². The highest BCUT2D eigenvalue weighted by atomic mass is 35.5. The Morgan fingerprint density at radius 1 is 1.09 bits per heavy atom. The second kappa shape index (κ2) is 10.8. The van der Waals surface area contributed by atoms with Crippen LogP contribution >= 0.6 is 22.9 Å². The van der Waals surface area contributed by atoms with E-state index in [0.29, 0.717) is 49.9 Å². The number of sulfonamides is 1. The Morgan fingerprint density at radius 3 is 2.37 bits per heavy atom. The third-order valence-corrected chi connectivity index (χ3v) is 9.94. The van der Waals surface area contributed by atoms with Gasteiger partial charge in [-0.15, -0.1) is 0 Å². The third-order valence-electron chi connectivity index (χ3n) is 6.38. The van der Waals surface area contributed by atoms with Crippen LogP contribution in [0.3, 0.4) is 0 Å². The van der Waals surface area contributed by atoms with Crippen LogP contribution in [0.4, 0.5) is 5.13 Å². The molecule has 1 fully saturated rings. The zero-order valence-electron chi connectivity index (χ0n) is 20.3. The molecule has 0 radical (unpaired) electrons. The van der Waals surface area contributed by atoms with E-state index < -0.39 is 10.0 Å². The maximum Gasteiger partial charge on any atom is 0.253 e. The Morgan fingerprint density at radius 2 is 1.77 bits per heavy atom. The van der Waals surface area contributed by atoms with Crippen molar-refractivity contribution in [3.05, 3.63) is 52.5 Å². The first-order valence-corrected chi connectivity index (χ1v) is 14.6. The van der Waals surface area contributed by atoms with Crippen LogP contribution in [0.5, 0.6) is 0 Å². The largest absolute Gasteiger partial charge is 0.345 e. The Hall–Kier alpha value is -2.20. The number of nitrogens with zero attached hydrogens (tertiary/aromatic N) is 4. The predicted molar refractivity (Wildman–Crippen MR) is 143 cm³/mol. The number of carbonyl (C=O) groups excluding carboxylic acids is 1. The summed E-state index contributed by atoms with van der Waals surface area (Å²) >= 11 is 7.94. The minimum absolute atomic E-state index is 0.0879. The molecular weight excluding hydrogens is 504 g/mol. The zero-order chi connectivity index (χ0) is 25.2. The van der Waals surface area contributed by atoms with Crippen LogP contribution in [0, 0.1) is 6.92 Å². The number of aromatic nitrogens is 1. The van der Waals surface area contributed by atoms with E-state index in [4.69, 9.17) is 16.6 Å². The number of rotatable bonds is 8. The molecule has 1 amide bonds. The van der Waals surface area contributed by atoms with Crippen molar-refractivity contribution in [3.63, 3.8) is 0 Å². The van der Waals surface area contributed by atoms with Crippen molar-refractivity contribution in [3.8, 4) is 0 Å². The van der Waals surface area contributed by atoms with E-state index in [9.17, 15) is 13.2 Å². The molecule has 0 spiro atoms. The fraction of sp³-hybridized carbons (Fsp3) is 0.440. The van der Waals surface area contributed by atoms with Gasteiger partial charge in [-0.05, 0) is 49.2 Å². The van der Waals surface area contributed by atoms with Crippen LogP contribution in [0.15, 0.2) is 41.3 Å². The second-order valence-corrected chi connectivity index (χ2v) is 12.0. The molecule has 7 nitrogen and oxygen atoms in total. The van der Waals surface area contributed by atoms with Crippen molar-refractivity contribution in [2.24, 2.45) is 0 Å². The van der Waals surface area contributed by atoms with Gasteiger partial charge >= 0.3 is 0 Å². The first kappa shape index (κ1) is 25.9. The van der Waals surface area contributed by atoms with Gasteiger partial charge in [0.05, 0.1) is 20.1 Å². The fourth-order valence-corrected chi connectivity index (χ4v) is 7.07. The van der Waals surface area contributed by atoms with E-state index in [1.165, 1.54) is 4.31 Å². The fourth-order valence-electron chi connectivity index (χ4n) is 4.21. The van der Waals surface area contributed by atoms with E-state index in [2.05, 4.69) is 4.90 Å². The minimum atomic E-state index is -3.56. The Labute approximate surface area is 216 Å². The van der Waals surface area contributed by atoms with Crippen LogP contribution in [0.25, 0.3) is 10.2 Å². The van der Waals surface area contributed by atoms with Gasteiger partial charge in [-0.2, -0.15) is 4.31 Å². The van der Waals surface area contributed by atoms with E-state index >= 15 is 0 Å². The number of aryl methyl sites for hydroxylation is 1. The number of halogens is 1. The number of anilines is 1. The van der Waals surface area contributed by atoms with Crippen LogP contribution < -0.4 is 4.90 Å². The Kier molecular flexibility index (Phi) is 8.00. The summed E-state index contributed by atoms with van der Waals surface area (Å²) < 4.78 is 28.4. The summed E-state index contributed by atoms with van der Waals surface area (Å²) in [7, 11) is -3.56. The number of thiazole rings is 1. The molecule has 0 saturated carbocycles. The summed E-state index contributed by atoms with van der Waals surface area (Å²) in [6.45, 7) is 9.33. The third kappa shape index (κ3) is 5.33. The zero-order valence-corrected chi connectivity index (χ0v) is 22.7. The van der Waals surface area contributed by atoms with Crippen LogP contribution in [0.1, 0.15) is 42.6 Å². The molecule has 2 heterocycles. The SMILES string of the molecule is CCCCN(CC)S(=O)(=O)c1ccc(C(=O)N2CCN(c3nc4c(C)ccc(Cl)c4s3)CC2)cc1. The van der Waals surface area contributed by atoms with Crippen molar-refractivity contribution in [1.82, 2.24) is 14.2 Å². The van der Waals surface area contributed by atoms with Gasteiger partial charge in [-0.1, -0.05) is 49.3 Å². The summed E-state index contributed by atoms with van der Waals surface area (Å²) in [5.74, 6) is -0.0879. The van der Waals surface area contributed by atoms with E-state index in [1.54, 1.807) is 35.6 Å². The Balaban J connectivity index is 1.41. The number of hydrogen-bond acceptors (Lipinski definition) is 6. The molecule has 2 aromatic carbocycles. The van der Waals surface area contributed by atoms with Crippen LogP contribution in [0.2, 0.25) is 5.02 Å². The molecule has 1 saturated heterocycles. The highest BCUT2D eigenvalue weighted by Gasteiger charge is 2.26. The number of fused-ring (bicyclic) bond motifs is 1. The lowest BCUT2D eigenvalue weighted by Crippen LogP contribution is -2.48. The molecule has 1 aromatic heterocycles. The van der Waals surface area contributed by atoms with E-state index in [-0.39, 0.29) is 10.8 Å². The number of unbranched alkanes of at least 4 members (excludes halogenated alkanes) is 1. The van der Waals surface area contributed by atoms with Gasteiger partial charge in [0.25, 0.3) is 5.91 Å². The van der Waals surface area contributed by atoms with E-state index in [1.807, 2.05) is 37.8 Å². The smallest absolute Gasteiger partial charge is 0.253 e. The van der Waals surface area contributed by atoms with Gasteiger partial charge in [0, 0.05) is 44.8 Å². The normalized spacial score (nSPS) is 14.8. The molecule has 0 unspecified atom stereocenters. The molecule has 35 heavy (non-hydrogen) atoms. The molecule has 3 aromatic rings. The molecule has 0 N–H and O–H groups in total. The number of carbonyl (C=O) groups is 1. The quantitative estimate of drug-likeness (QED) is 0.405. The maximum atomic E-state index is 13.1. The molecule has 0 aliphatic carbocycles. The molecule has 1 aliphatic rings. The van der Waals surface area contributed by atoms with Gasteiger partial charge in [-0.25, -0.2) is 13.4 Å². The topological polar surface area (TPSA) is 73.8 Å². The number of amides is 1. The standard InChI is InChI=1S/C25H31ClN4O3S2/c1-4-6-13-30(5-2)35(32,33)20-10-8-19(9-11-20)24(31)28-14-16-29(17-15-28)25-27-22-18(3)7-12-21(26)23(22)34-25/h7-12H,4-6,13-17H2,1-3H3. The molecule has 1 aliphatic heterocycles. The predicted octanol–water partition coefficient (Wildman–Crippen LogP) is 5.03. The van der Waals surface area contributed by atoms with Gasteiger partial charge < -0.3 is 9.80 Å². The maximum absolute atomic E-state index is 13.1. The van der Waals surface area contributed by atoms with Gasteiger partial charge in [-0.3, -0.25) is 4.79 Å². The van der Waals surface area contributed by atoms with Crippen molar-refractivity contribution >= 4 is 54.2 Å². The van der Waals surface area contributed by atoms with Gasteiger partial charge in [0.2, 0.25) is 10.0 Å². The van der Waals surface area contributed by atoms with Gasteiger partial charge in [0.1, 0.15) is 0 Å². The van der Waals surface area contributed by atoms with E-state index in [0.717, 1.165) is 33.8 Å². The molecule has 0 bridgehead atoms. The summed E-state index contributed by atoms with van der Waals surface area (Å²) in [6, 6.07) is 10.2. The molecule has 4 rings (SSSR count).